The summed E-state index contributed by atoms with van der Waals surface area (Å²) in [5, 5.41) is 3.49. The van der Waals surface area contributed by atoms with Crippen LogP contribution in [0.1, 0.15) is 26.7 Å². The predicted molar refractivity (Wildman–Crippen MR) is 62.0 cm³/mol. The van der Waals surface area contributed by atoms with Gasteiger partial charge >= 0.3 is 0 Å². The van der Waals surface area contributed by atoms with Gasteiger partial charge in [-0.3, -0.25) is 4.90 Å². The Morgan fingerprint density at radius 2 is 1.73 bits per heavy atom. The van der Waals surface area contributed by atoms with Gasteiger partial charge in [0.25, 0.3) is 0 Å². The van der Waals surface area contributed by atoms with Crippen molar-refractivity contribution in [3.63, 3.8) is 0 Å². The first-order valence-corrected chi connectivity index (χ1v) is 6.31. The normalized spacial score (nSPS) is 35.6. The topological polar surface area (TPSA) is 24.5 Å². The number of nitrogens with one attached hydrogen (secondary N) is 1. The molecule has 3 heteroatoms. The third kappa shape index (κ3) is 2.92. The summed E-state index contributed by atoms with van der Waals surface area (Å²) >= 11 is 0. The largest absolute Gasteiger partial charge is 0.381 e. The van der Waals surface area contributed by atoms with Gasteiger partial charge in [-0.1, -0.05) is 0 Å². The van der Waals surface area contributed by atoms with Gasteiger partial charge in [0, 0.05) is 44.9 Å². The molecular weight excluding hydrogens is 188 g/mol. The lowest BCUT2D eigenvalue weighted by Crippen LogP contribution is -2.56. The van der Waals surface area contributed by atoms with Crippen LogP contribution in [-0.2, 0) is 4.74 Å². The average Bonchev–Trinajstić information content (AvgIpc) is 2.25. The van der Waals surface area contributed by atoms with Crippen molar-refractivity contribution in [1.82, 2.24) is 10.2 Å². The standard InChI is InChI=1S/C12H24N2O/c1-10-7-13-8-11(2)14(10)9-12-3-5-15-6-4-12/h10-13H,3-9H2,1-2H3/t10-,11+. The van der Waals surface area contributed by atoms with Crippen LogP contribution in [0.15, 0.2) is 0 Å². The zero-order chi connectivity index (χ0) is 10.7. The van der Waals surface area contributed by atoms with E-state index in [1.54, 1.807) is 0 Å². The van der Waals surface area contributed by atoms with Gasteiger partial charge in [0.1, 0.15) is 0 Å². The molecule has 1 N–H and O–H groups in total. The molecule has 3 nitrogen and oxygen atoms in total. The summed E-state index contributed by atoms with van der Waals surface area (Å²) in [5.41, 5.74) is 0. The van der Waals surface area contributed by atoms with E-state index in [-0.39, 0.29) is 0 Å². The Hall–Kier alpha value is -0.120. The van der Waals surface area contributed by atoms with E-state index in [9.17, 15) is 0 Å². The lowest BCUT2D eigenvalue weighted by atomic mass is 9.97. The third-order valence-corrected chi connectivity index (χ3v) is 3.82. The predicted octanol–water partition coefficient (Wildman–Crippen LogP) is 1.10. The van der Waals surface area contributed by atoms with Crippen LogP contribution in [0.4, 0.5) is 0 Å². The minimum Gasteiger partial charge on any atom is -0.381 e. The van der Waals surface area contributed by atoms with E-state index in [0.29, 0.717) is 12.1 Å². The second kappa shape index (κ2) is 5.28. The zero-order valence-electron chi connectivity index (χ0n) is 10.0. The first-order valence-electron chi connectivity index (χ1n) is 6.31. The number of rotatable bonds is 2. The highest BCUT2D eigenvalue weighted by atomic mass is 16.5. The fourth-order valence-corrected chi connectivity index (χ4v) is 2.76. The van der Waals surface area contributed by atoms with Crippen LogP contribution in [-0.4, -0.2) is 49.8 Å². The van der Waals surface area contributed by atoms with E-state index >= 15 is 0 Å². The second-order valence-corrected chi connectivity index (χ2v) is 5.11. The average molecular weight is 212 g/mol. The molecule has 0 spiro atoms. The van der Waals surface area contributed by atoms with Gasteiger partial charge in [-0.05, 0) is 32.6 Å². The third-order valence-electron chi connectivity index (χ3n) is 3.82. The SMILES string of the molecule is C[C@@H]1CNC[C@H](C)N1CC1CCOCC1. The summed E-state index contributed by atoms with van der Waals surface area (Å²) in [6.45, 7) is 10.2. The quantitative estimate of drug-likeness (QED) is 0.742. The maximum atomic E-state index is 5.41. The highest BCUT2D eigenvalue weighted by Gasteiger charge is 2.27. The lowest BCUT2D eigenvalue weighted by molar-refractivity contribution is 0.0302. The highest BCUT2D eigenvalue weighted by molar-refractivity contribution is 4.84. The molecule has 2 aliphatic rings. The van der Waals surface area contributed by atoms with Crippen molar-refractivity contribution in [2.45, 2.75) is 38.8 Å². The van der Waals surface area contributed by atoms with Gasteiger partial charge in [0.2, 0.25) is 0 Å². The summed E-state index contributed by atoms with van der Waals surface area (Å²) in [7, 11) is 0. The number of piperazine rings is 1. The van der Waals surface area contributed by atoms with Crippen LogP contribution >= 0.6 is 0 Å². The first kappa shape index (κ1) is 11.4. The summed E-state index contributed by atoms with van der Waals surface area (Å²) in [4.78, 5) is 2.67. The Kier molecular flexibility index (Phi) is 4.00. The van der Waals surface area contributed by atoms with Crippen LogP contribution in [0.25, 0.3) is 0 Å². The summed E-state index contributed by atoms with van der Waals surface area (Å²) < 4.78 is 5.41. The number of hydrogen-bond donors (Lipinski definition) is 1. The molecule has 0 aromatic rings. The van der Waals surface area contributed by atoms with Crippen LogP contribution in [0, 0.1) is 5.92 Å². The van der Waals surface area contributed by atoms with E-state index in [4.69, 9.17) is 4.74 Å². The van der Waals surface area contributed by atoms with E-state index in [2.05, 4.69) is 24.1 Å². The Bertz CT molecular complexity index is 182. The van der Waals surface area contributed by atoms with Gasteiger partial charge in [0.05, 0.1) is 0 Å². The maximum absolute atomic E-state index is 5.41. The van der Waals surface area contributed by atoms with Crippen molar-refractivity contribution in [3.8, 4) is 0 Å². The Morgan fingerprint density at radius 1 is 1.13 bits per heavy atom. The molecule has 2 aliphatic heterocycles. The van der Waals surface area contributed by atoms with E-state index in [1.807, 2.05) is 0 Å². The summed E-state index contributed by atoms with van der Waals surface area (Å²) in [6.07, 6.45) is 2.51. The Morgan fingerprint density at radius 3 is 2.33 bits per heavy atom. The zero-order valence-corrected chi connectivity index (χ0v) is 10.0. The smallest absolute Gasteiger partial charge is 0.0469 e. The minimum absolute atomic E-state index is 0.691. The molecule has 2 heterocycles. The van der Waals surface area contributed by atoms with Gasteiger partial charge < -0.3 is 10.1 Å². The molecule has 0 aliphatic carbocycles. The van der Waals surface area contributed by atoms with Crippen molar-refractivity contribution in [2.24, 2.45) is 5.92 Å². The van der Waals surface area contributed by atoms with Gasteiger partial charge in [-0.25, -0.2) is 0 Å². The molecule has 0 amide bonds. The molecule has 0 unspecified atom stereocenters. The first-order chi connectivity index (χ1) is 7.27. The van der Waals surface area contributed by atoms with E-state index in [0.717, 1.165) is 32.2 Å². The molecule has 0 bridgehead atoms. The van der Waals surface area contributed by atoms with E-state index < -0.39 is 0 Å². The van der Waals surface area contributed by atoms with Crippen molar-refractivity contribution < 1.29 is 4.74 Å². The Balaban J connectivity index is 1.84. The van der Waals surface area contributed by atoms with Crippen LogP contribution in [0.5, 0.6) is 0 Å². The number of nitrogens with zero attached hydrogens (tertiary/aromatic N) is 1. The molecule has 2 saturated heterocycles. The molecule has 0 aromatic carbocycles. The van der Waals surface area contributed by atoms with Crippen LogP contribution in [0.3, 0.4) is 0 Å². The van der Waals surface area contributed by atoms with Crippen LogP contribution in [0.2, 0.25) is 0 Å². The van der Waals surface area contributed by atoms with Gasteiger partial charge in [0.15, 0.2) is 0 Å². The monoisotopic (exact) mass is 212 g/mol. The summed E-state index contributed by atoms with van der Waals surface area (Å²) in [6, 6.07) is 1.38. The van der Waals surface area contributed by atoms with Crippen LogP contribution < -0.4 is 5.32 Å². The molecule has 2 fully saturated rings. The molecule has 2 atom stereocenters. The molecule has 0 aromatic heterocycles. The lowest BCUT2D eigenvalue weighted by Gasteiger charge is -2.41. The molecule has 15 heavy (non-hydrogen) atoms. The van der Waals surface area contributed by atoms with Gasteiger partial charge in [-0.15, -0.1) is 0 Å². The number of ether oxygens (including phenoxy) is 1. The molecule has 0 saturated carbocycles. The molecule has 0 radical (unpaired) electrons. The Labute approximate surface area is 93.2 Å². The fraction of sp³-hybridized carbons (Fsp3) is 1.00. The van der Waals surface area contributed by atoms with Crippen molar-refractivity contribution in [1.29, 1.82) is 0 Å². The highest BCUT2D eigenvalue weighted by Crippen LogP contribution is 2.20. The number of hydrogen-bond acceptors (Lipinski definition) is 3. The second-order valence-electron chi connectivity index (χ2n) is 5.11. The van der Waals surface area contributed by atoms with Crippen molar-refractivity contribution in [2.75, 3.05) is 32.8 Å². The van der Waals surface area contributed by atoms with Crippen molar-refractivity contribution >= 4 is 0 Å². The minimum atomic E-state index is 0.691. The maximum Gasteiger partial charge on any atom is 0.0469 e. The molecule has 88 valence electrons. The summed E-state index contributed by atoms with van der Waals surface area (Å²) in [5.74, 6) is 0.863. The van der Waals surface area contributed by atoms with Gasteiger partial charge in [-0.2, -0.15) is 0 Å². The van der Waals surface area contributed by atoms with E-state index in [1.165, 1.54) is 19.4 Å². The fourth-order valence-electron chi connectivity index (χ4n) is 2.76. The van der Waals surface area contributed by atoms with Crippen molar-refractivity contribution in [3.05, 3.63) is 0 Å². The molecular formula is C12H24N2O. The molecule has 2 rings (SSSR count).